The monoisotopic (exact) mass is 257 g/mol. The van der Waals surface area contributed by atoms with E-state index in [1.807, 2.05) is 16.7 Å². The van der Waals surface area contributed by atoms with Crippen molar-refractivity contribution < 1.29 is 14.3 Å². The van der Waals surface area contributed by atoms with Gasteiger partial charge in [-0.05, 0) is 12.8 Å². The molecule has 3 rings (SSSR count). The van der Waals surface area contributed by atoms with Gasteiger partial charge in [0.15, 0.2) is 0 Å². The van der Waals surface area contributed by atoms with Gasteiger partial charge in [-0.1, -0.05) is 0 Å². The zero-order valence-electron chi connectivity index (χ0n) is 10.2. The van der Waals surface area contributed by atoms with E-state index in [2.05, 4.69) is 0 Å². The van der Waals surface area contributed by atoms with Gasteiger partial charge in [0.2, 0.25) is 5.91 Å². The zero-order chi connectivity index (χ0) is 11.9. The molecule has 0 aromatic carbocycles. The number of amides is 1. The number of likely N-dealkylation sites (tertiary alicyclic amines) is 1. The Bertz CT molecular complexity index is 311. The van der Waals surface area contributed by atoms with Gasteiger partial charge in [0.1, 0.15) is 0 Å². The molecule has 17 heavy (non-hydrogen) atoms. The molecule has 0 N–H and O–H groups in total. The van der Waals surface area contributed by atoms with Crippen LogP contribution in [0.2, 0.25) is 0 Å². The first-order valence-electron chi connectivity index (χ1n) is 6.26. The molecule has 3 fully saturated rings. The predicted molar refractivity (Wildman–Crippen MR) is 66.1 cm³/mol. The summed E-state index contributed by atoms with van der Waals surface area (Å²) in [6.07, 6.45) is 2.38. The van der Waals surface area contributed by atoms with Crippen molar-refractivity contribution in [2.45, 2.75) is 23.7 Å². The number of carbonyl (C=O) groups excluding carboxylic acids is 1. The first-order valence-corrected chi connectivity index (χ1v) is 7.24. The van der Waals surface area contributed by atoms with Crippen LogP contribution >= 0.6 is 11.8 Å². The SMILES string of the molecule is CO[C@@H]1CSC2(C1)CN(C(=O)[C@@H]1CCOC1)C2. The summed E-state index contributed by atoms with van der Waals surface area (Å²) in [6, 6.07) is 0. The van der Waals surface area contributed by atoms with E-state index in [9.17, 15) is 4.79 Å². The molecular weight excluding hydrogens is 238 g/mol. The van der Waals surface area contributed by atoms with Gasteiger partial charge in [0.05, 0.1) is 23.4 Å². The highest BCUT2D eigenvalue weighted by atomic mass is 32.2. The lowest BCUT2D eigenvalue weighted by molar-refractivity contribution is -0.141. The maximum atomic E-state index is 12.1. The Balaban J connectivity index is 1.52. The maximum absolute atomic E-state index is 12.1. The molecule has 4 nitrogen and oxygen atoms in total. The fraction of sp³-hybridized carbons (Fsp3) is 0.917. The highest BCUT2D eigenvalue weighted by Gasteiger charge is 2.51. The molecule has 0 aromatic heterocycles. The van der Waals surface area contributed by atoms with E-state index >= 15 is 0 Å². The van der Waals surface area contributed by atoms with E-state index in [1.54, 1.807) is 7.11 Å². The normalized spacial score (nSPS) is 35.2. The Hall–Kier alpha value is -0.260. The number of carbonyl (C=O) groups is 1. The van der Waals surface area contributed by atoms with Crippen LogP contribution in [0.1, 0.15) is 12.8 Å². The van der Waals surface area contributed by atoms with Crippen LogP contribution in [0.5, 0.6) is 0 Å². The summed E-state index contributed by atoms with van der Waals surface area (Å²) in [5, 5.41) is 0. The van der Waals surface area contributed by atoms with Crippen LogP contribution in [-0.4, -0.2) is 60.8 Å². The molecule has 0 unspecified atom stereocenters. The summed E-state index contributed by atoms with van der Waals surface area (Å²) < 4.78 is 11.0. The van der Waals surface area contributed by atoms with Crippen molar-refractivity contribution in [3.63, 3.8) is 0 Å². The van der Waals surface area contributed by atoms with Crippen LogP contribution in [0.25, 0.3) is 0 Å². The number of hydrogen-bond donors (Lipinski definition) is 0. The summed E-state index contributed by atoms with van der Waals surface area (Å²) in [4.78, 5) is 14.1. The summed E-state index contributed by atoms with van der Waals surface area (Å²) >= 11 is 1.98. The summed E-state index contributed by atoms with van der Waals surface area (Å²) in [7, 11) is 1.78. The van der Waals surface area contributed by atoms with E-state index < -0.39 is 0 Å². The van der Waals surface area contributed by atoms with Gasteiger partial charge in [-0.25, -0.2) is 0 Å². The molecule has 5 heteroatoms. The average Bonchev–Trinajstić information content (AvgIpc) is 2.95. The van der Waals surface area contributed by atoms with Crippen molar-refractivity contribution in [3.8, 4) is 0 Å². The van der Waals surface area contributed by atoms with Crippen molar-refractivity contribution in [1.29, 1.82) is 0 Å². The van der Waals surface area contributed by atoms with Crippen LogP contribution in [0.15, 0.2) is 0 Å². The molecule has 3 saturated heterocycles. The summed E-state index contributed by atoms with van der Waals surface area (Å²) in [6.45, 7) is 3.19. The van der Waals surface area contributed by atoms with Gasteiger partial charge in [0, 0.05) is 32.6 Å². The van der Waals surface area contributed by atoms with Gasteiger partial charge < -0.3 is 14.4 Å². The third-order valence-electron chi connectivity index (χ3n) is 4.06. The molecule has 0 aliphatic carbocycles. The number of ether oxygens (including phenoxy) is 2. The first kappa shape index (κ1) is 11.8. The van der Waals surface area contributed by atoms with Crippen LogP contribution in [0.4, 0.5) is 0 Å². The molecule has 0 aromatic rings. The quantitative estimate of drug-likeness (QED) is 0.732. The maximum Gasteiger partial charge on any atom is 0.228 e. The minimum atomic E-state index is 0.122. The fourth-order valence-electron chi connectivity index (χ4n) is 2.97. The molecule has 1 spiro atoms. The topological polar surface area (TPSA) is 38.8 Å². The lowest BCUT2D eigenvalue weighted by Crippen LogP contribution is -2.62. The molecule has 96 valence electrons. The number of methoxy groups -OCH3 is 1. The van der Waals surface area contributed by atoms with Crippen molar-refractivity contribution in [2.75, 3.05) is 39.2 Å². The minimum Gasteiger partial charge on any atom is -0.381 e. The number of nitrogens with zero attached hydrogens (tertiary/aromatic N) is 1. The molecule has 0 saturated carbocycles. The van der Waals surface area contributed by atoms with Crippen molar-refractivity contribution in [3.05, 3.63) is 0 Å². The largest absolute Gasteiger partial charge is 0.381 e. The predicted octanol–water partition coefficient (Wildman–Crippen LogP) is 0.756. The lowest BCUT2D eigenvalue weighted by Gasteiger charge is -2.48. The molecule has 2 atom stereocenters. The first-order chi connectivity index (χ1) is 8.22. The van der Waals surface area contributed by atoms with E-state index in [1.165, 1.54) is 0 Å². The second-order valence-electron chi connectivity index (χ2n) is 5.31. The van der Waals surface area contributed by atoms with E-state index in [0.717, 1.165) is 38.3 Å². The second-order valence-corrected chi connectivity index (χ2v) is 6.80. The van der Waals surface area contributed by atoms with Gasteiger partial charge in [0.25, 0.3) is 0 Å². The smallest absolute Gasteiger partial charge is 0.228 e. The molecule has 3 aliphatic rings. The average molecular weight is 257 g/mol. The highest BCUT2D eigenvalue weighted by Crippen LogP contribution is 2.46. The van der Waals surface area contributed by atoms with Crippen LogP contribution in [-0.2, 0) is 14.3 Å². The molecular formula is C12H19NO3S. The van der Waals surface area contributed by atoms with Crippen LogP contribution < -0.4 is 0 Å². The fourth-order valence-corrected chi connectivity index (χ4v) is 4.56. The van der Waals surface area contributed by atoms with Gasteiger partial charge in [-0.2, -0.15) is 0 Å². The lowest BCUT2D eigenvalue weighted by atomic mass is 9.91. The Labute approximate surface area is 106 Å². The Morgan fingerprint density at radius 3 is 2.94 bits per heavy atom. The molecule has 0 bridgehead atoms. The zero-order valence-corrected chi connectivity index (χ0v) is 11.0. The second kappa shape index (κ2) is 4.44. The number of hydrogen-bond acceptors (Lipinski definition) is 4. The van der Waals surface area contributed by atoms with Crippen molar-refractivity contribution >= 4 is 17.7 Å². The van der Waals surface area contributed by atoms with E-state index in [4.69, 9.17) is 9.47 Å². The van der Waals surface area contributed by atoms with Crippen LogP contribution in [0.3, 0.4) is 0 Å². The summed E-state index contributed by atoms with van der Waals surface area (Å²) in [5.41, 5.74) is 0. The third kappa shape index (κ3) is 2.09. The number of rotatable bonds is 2. The Morgan fingerprint density at radius 2 is 2.35 bits per heavy atom. The summed E-state index contributed by atoms with van der Waals surface area (Å²) in [5.74, 6) is 1.50. The molecule has 3 heterocycles. The molecule has 0 radical (unpaired) electrons. The van der Waals surface area contributed by atoms with Gasteiger partial charge >= 0.3 is 0 Å². The van der Waals surface area contributed by atoms with Gasteiger partial charge in [-0.15, -0.1) is 11.8 Å². The Kier molecular flexibility index (Phi) is 3.09. The van der Waals surface area contributed by atoms with Crippen LogP contribution in [0, 0.1) is 5.92 Å². The molecule has 3 aliphatic heterocycles. The standard InChI is InChI=1S/C12H19NO3S/c1-15-10-4-12(17-6-10)7-13(8-12)11(14)9-2-3-16-5-9/h9-10H,2-8H2,1H3/t9-,10+/m1/s1. The Morgan fingerprint density at radius 1 is 1.53 bits per heavy atom. The number of thioether (sulfide) groups is 1. The van der Waals surface area contributed by atoms with Gasteiger partial charge in [-0.3, -0.25) is 4.79 Å². The van der Waals surface area contributed by atoms with Crippen molar-refractivity contribution in [2.24, 2.45) is 5.92 Å². The van der Waals surface area contributed by atoms with E-state index in [-0.39, 0.29) is 5.92 Å². The third-order valence-corrected chi connectivity index (χ3v) is 5.63. The van der Waals surface area contributed by atoms with Crippen molar-refractivity contribution in [1.82, 2.24) is 4.90 Å². The van der Waals surface area contributed by atoms with E-state index in [0.29, 0.717) is 23.4 Å². The minimum absolute atomic E-state index is 0.122. The highest BCUT2D eigenvalue weighted by molar-refractivity contribution is 8.01. The molecule has 1 amide bonds.